The molecule has 2 nitrogen and oxygen atoms in total. The number of hydrogen-bond acceptors (Lipinski definition) is 1. The van der Waals surface area contributed by atoms with E-state index in [0.29, 0.717) is 18.7 Å². The van der Waals surface area contributed by atoms with E-state index >= 15 is 0 Å². The monoisotopic (exact) mass is 424 g/mol. The summed E-state index contributed by atoms with van der Waals surface area (Å²) in [6, 6.07) is 6.33. The van der Waals surface area contributed by atoms with Crippen molar-refractivity contribution in [3.63, 3.8) is 0 Å². The number of hydrogen-bond donors (Lipinski definition) is 0. The van der Waals surface area contributed by atoms with E-state index in [0.717, 1.165) is 42.3 Å². The predicted molar refractivity (Wildman–Crippen MR) is 117 cm³/mol. The van der Waals surface area contributed by atoms with Gasteiger partial charge in [0.25, 0.3) is 0 Å². The first-order valence-electron chi connectivity index (χ1n) is 10.5. The van der Waals surface area contributed by atoms with Crippen LogP contribution in [0, 0.1) is 13.8 Å². The maximum atomic E-state index is 13.0. The van der Waals surface area contributed by atoms with E-state index in [2.05, 4.69) is 61.8 Å². The first-order valence-corrected chi connectivity index (χ1v) is 11.6. The second-order valence-corrected chi connectivity index (χ2v) is 8.65. The van der Waals surface area contributed by atoms with Crippen molar-refractivity contribution in [2.45, 2.75) is 72.6 Å². The third kappa shape index (κ3) is 7.92. The molecule has 0 unspecified atom stereocenters. The molecule has 1 aromatic rings. The average molecular weight is 425 g/mol. The highest BCUT2D eigenvalue weighted by Crippen LogP contribution is 2.18. The van der Waals surface area contributed by atoms with Gasteiger partial charge in [0, 0.05) is 11.8 Å². The summed E-state index contributed by atoms with van der Waals surface area (Å²) in [7, 11) is 0. The summed E-state index contributed by atoms with van der Waals surface area (Å²) in [6.45, 7) is 12.9. The smallest absolute Gasteiger partial charge is 0.191 e. The van der Waals surface area contributed by atoms with E-state index in [9.17, 15) is 4.79 Å². The van der Waals surface area contributed by atoms with Gasteiger partial charge in [-0.25, -0.2) is 0 Å². The van der Waals surface area contributed by atoms with E-state index in [-0.39, 0.29) is 0 Å². The zero-order chi connectivity index (χ0) is 19.4. The lowest BCUT2D eigenvalue weighted by atomic mass is 9.97. The molecular formula is C23H39BrNO+. The molecule has 0 spiro atoms. The van der Waals surface area contributed by atoms with Crippen LogP contribution in [-0.4, -0.2) is 41.8 Å². The molecule has 0 radical (unpaired) electrons. The van der Waals surface area contributed by atoms with Gasteiger partial charge < -0.3 is 4.48 Å². The molecule has 0 aliphatic rings. The molecule has 148 valence electrons. The Balaban J connectivity index is 2.77. The molecule has 26 heavy (non-hydrogen) atoms. The lowest BCUT2D eigenvalue weighted by Gasteiger charge is -2.38. The zero-order valence-corrected chi connectivity index (χ0v) is 19.0. The minimum Gasteiger partial charge on any atom is -0.317 e. The molecule has 0 N–H and O–H groups in total. The SMILES string of the molecule is CCC[N+](CCC)(CCCCCCBr)CC(=O)Cc1c(C)cccc1C. The van der Waals surface area contributed by atoms with Crippen molar-refractivity contribution in [3.8, 4) is 0 Å². The Hall–Kier alpha value is -0.670. The normalized spacial score (nSPS) is 11.7. The van der Waals surface area contributed by atoms with E-state index in [4.69, 9.17) is 0 Å². The van der Waals surface area contributed by atoms with Crippen molar-refractivity contribution in [1.82, 2.24) is 0 Å². The minimum atomic E-state index is 0.407. The van der Waals surface area contributed by atoms with Crippen molar-refractivity contribution in [1.29, 1.82) is 0 Å². The lowest BCUT2D eigenvalue weighted by molar-refractivity contribution is -0.921. The van der Waals surface area contributed by atoms with Crippen LogP contribution < -0.4 is 0 Å². The van der Waals surface area contributed by atoms with Crippen LogP contribution in [0.2, 0.25) is 0 Å². The topological polar surface area (TPSA) is 17.1 Å². The maximum absolute atomic E-state index is 13.0. The first kappa shape index (κ1) is 23.4. The van der Waals surface area contributed by atoms with E-state index < -0.39 is 0 Å². The highest BCUT2D eigenvalue weighted by molar-refractivity contribution is 9.09. The third-order valence-electron chi connectivity index (χ3n) is 5.44. The molecule has 3 heteroatoms. The number of ketones is 1. The highest BCUT2D eigenvalue weighted by atomic mass is 79.9. The summed E-state index contributed by atoms with van der Waals surface area (Å²) >= 11 is 3.52. The number of alkyl halides is 1. The van der Waals surface area contributed by atoms with E-state index in [1.165, 1.54) is 42.4 Å². The van der Waals surface area contributed by atoms with Gasteiger partial charge in [0.2, 0.25) is 0 Å². The van der Waals surface area contributed by atoms with Gasteiger partial charge in [-0.05, 0) is 62.6 Å². The second-order valence-electron chi connectivity index (χ2n) is 7.86. The van der Waals surface area contributed by atoms with E-state index in [1.54, 1.807) is 0 Å². The van der Waals surface area contributed by atoms with Crippen molar-refractivity contribution in [2.24, 2.45) is 0 Å². The van der Waals surface area contributed by atoms with Gasteiger partial charge in [-0.1, -0.05) is 54.4 Å². The summed E-state index contributed by atoms with van der Waals surface area (Å²) < 4.78 is 0.991. The standard InChI is InChI=1S/C23H39BrNO/c1-5-15-25(16-6-2,17-10-8-7-9-14-24)19-22(26)18-23-20(3)12-11-13-21(23)4/h11-13H,5-10,14-19H2,1-4H3/q+1. The maximum Gasteiger partial charge on any atom is 0.191 e. The Morgan fingerprint density at radius 2 is 1.50 bits per heavy atom. The molecule has 0 saturated carbocycles. The number of carbonyl (C=O) groups is 1. The quantitative estimate of drug-likeness (QED) is 0.203. The number of quaternary nitrogens is 1. The molecule has 0 amide bonds. The van der Waals surface area contributed by atoms with Crippen molar-refractivity contribution < 1.29 is 9.28 Å². The molecule has 1 rings (SSSR count). The van der Waals surface area contributed by atoms with Gasteiger partial charge >= 0.3 is 0 Å². The summed E-state index contributed by atoms with van der Waals surface area (Å²) in [4.78, 5) is 13.0. The van der Waals surface area contributed by atoms with Crippen LogP contribution >= 0.6 is 15.9 Å². The number of unbranched alkanes of at least 4 members (excludes halogenated alkanes) is 3. The third-order valence-corrected chi connectivity index (χ3v) is 6.00. The van der Waals surface area contributed by atoms with Gasteiger partial charge in [-0.2, -0.15) is 0 Å². The van der Waals surface area contributed by atoms with Crippen LogP contribution in [0.3, 0.4) is 0 Å². The Morgan fingerprint density at radius 1 is 0.923 bits per heavy atom. The predicted octanol–water partition coefficient (Wildman–Crippen LogP) is 6.01. The molecular weight excluding hydrogens is 386 g/mol. The Kier molecular flexibility index (Phi) is 11.4. The molecule has 0 fully saturated rings. The van der Waals surface area contributed by atoms with Crippen molar-refractivity contribution >= 4 is 21.7 Å². The zero-order valence-electron chi connectivity index (χ0n) is 17.5. The lowest BCUT2D eigenvalue weighted by Crippen LogP contribution is -2.53. The number of benzene rings is 1. The van der Waals surface area contributed by atoms with Gasteiger partial charge in [-0.3, -0.25) is 4.79 Å². The summed E-state index contributed by atoms with van der Waals surface area (Å²) in [5, 5.41) is 1.10. The molecule has 1 aromatic carbocycles. The Labute approximate surface area is 170 Å². The summed E-state index contributed by atoms with van der Waals surface area (Å²) in [6.07, 6.45) is 7.96. The Bertz CT molecular complexity index is 515. The molecule has 0 heterocycles. The molecule has 0 bridgehead atoms. The number of Topliss-reactive ketones (excluding diaryl/α,β-unsaturated/α-hetero) is 1. The van der Waals surface area contributed by atoms with Gasteiger partial charge in [0.15, 0.2) is 5.78 Å². The van der Waals surface area contributed by atoms with Crippen LogP contribution in [0.1, 0.15) is 69.1 Å². The van der Waals surface area contributed by atoms with Gasteiger partial charge in [0.05, 0.1) is 19.6 Å². The summed E-state index contributed by atoms with van der Waals surface area (Å²) in [5.41, 5.74) is 3.73. The van der Waals surface area contributed by atoms with Gasteiger partial charge in [-0.15, -0.1) is 0 Å². The molecule has 0 saturated heterocycles. The minimum absolute atomic E-state index is 0.407. The average Bonchev–Trinajstić information content (AvgIpc) is 2.58. The number of carbonyl (C=O) groups excluding carboxylic acids is 1. The van der Waals surface area contributed by atoms with Crippen molar-refractivity contribution in [3.05, 3.63) is 34.9 Å². The largest absolute Gasteiger partial charge is 0.317 e. The van der Waals surface area contributed by atoms with Crippen molar-refractivity contribution in [2.75, 3.05) is 31.5 Å². The summed E-state index contributed by atoms with van der Waals surface area (Å²) in [5.74, 6) is 0.407. The highest BCUT2D eigenvalue weighted by Gasteiger charge is 2.28. The number of rotatable bonds is 14. The Morgan fingerprint density at radius 3 is 2.04 bits per heavy atom. The fourth-order valence-corrected chi connectivity index (χ4v) is 4.57. The molecule has 0 aliphatic heterocycles. The van der Waals surface area contributed by atoms with Crippen LogP contribution in [0.4, 0.5) is 0 Å². The number of halogens is 1. The van der Waals surface area contributed by atoms with Crippen LogP contribution in [-0.2, 0) is 11.2 Å². The van der Waals surface area contributed by atoms with Crippen LogP contribution in [0.15, 0.2) is 18.2 Å². The fraction of sp³-hybridized carbons (Fsp3) is 0.696. The number of nitrogens with zero attached hydrogens (tertiary/aromatic N) is 1. The molecule has 0 atom stereocenters. The molecule has 0 aliphatic carbocycles. The van der Waals surface area contributed by atoms with Crippen LogP contribution in [0.5, 0.6) is 0 Å². The molecule has 0 aromatic heterocycles. The fourth-order valence-electron chi connectivity index (χ4n) is 4.17. The van der Waals surface area contributed by atoms with E-state index in [1.807, 2.05) is 0 Å². The van der Waals surface area contributed by atoms with Gasteiger partial charge in [0.1, 0.15) is 6.54 Å². The first-order chi connectivity index (χ1) is 12.5. The number of aryl methyl sites for hydroxylation is 2. The second kappa shape index (κ2) is 12.7. The van der Waals surface area contributed by atoms with Crippen LogP contribution in [0.25, 0.3) is 0 Å².